The van der Waals surface area contributed by atoms with Gasteiger partial charge in [-0.15, -0.1) is 0 Å². The molecule has 22 heavy (non-hydrogen) atoms. The Bertz CT molecular complexity index is 826. The van der Waals surface area contributed by atoms with Crippen LogP contribution in [0.2, 0.25) is 0 Å². The molecule has 0 aliphatic heterocycles. The number of aromatic nitrogens is 3. The number of hydrogen-bond donors (Lipinski definition) is 0. The Morgan fingerprint density at radius 1 is 1.18 bits per heavy atom. The highest BCUT2D eigenvalue weighted by Crippen LogP contribution is 2.13. The van der Waals surface area contributed by atoms with Crippen molar-refractivity contribution in [2.75, 3.05) is 0 Å². The molecule has 0 aliphatic carbocycles. The van der Waals surface area contributed by atoms with Crippen molar-refractivity contribution in [1.29, 1.82) is 0 Å². The van der Waals surface area contributed by atoms with Gasteiger partial charge in [0.2, 0.25) is 0 Å². The highest BCUT2D eigenvalue weighted by Gasteiger charge is 2.05. The zero-order valence-corrected chi connectivity index (χ0v) is 12.6. The summed E-state index contributed by atoms with van der Waals surface area (Å²) in [7, 11) is 1.87. The largest absolute Gasteiger partial charge is 0.324 e. The third-order valence-electron chi connectivity index (χ3n) is 3.50. The maximum absolute atomic E-state index is 12.3. The molecule has 0 fully saturated rings. The van der Waals surface area contributed by atoms with Gasteiger partial charge in [-0.1, -0.05) is 12.1 Å². The van der Waals surface area contributed by atoms with E-state index in [1.807, 2.05) is 79.6 Å². The Labute approximate surface area is 129 Å². The molecule has 0 atom stereocenters. The monoisotopic (exact) mass is 291 g/mol. The summed E-state index contributed by atoms with van der Waals surface area (Å²) in [4.78, 5) is 12.3. The van der Waals surface area contributed by atoms with Gasteiger partial charge in [-0.25, -0.2) is 0 Å². The van der Waals surface area contributed by atoms with Crippen LogP contribution < -0.4 is 0 Å². The number of allylic oxidation sites excluding steroid dienone is 1. The van der Waals surface area contributed by atoms with Crippen LogP contribution in [0.3, 0.4) is 0 Å². The molecule has 0 N–H and O–H groups in total. The van der Waals surface area contributed by atoms with E-state index < -0.39 is 0 Å². The number of nitrogens with zero attached hydrogens (tertiary/aromatic N) is 3. The minimum atomic E-state index is -0.0164. The molecular formula is C18H17N3O. The van der Waals surface area contributed by atoms with E-state index in [2.05, 4.69) is 5.10 Å². The molecule has 2 aromatic heterocycles. The first-order chi connectivity index (χ1) is 10.6. The summed E-state index contributed by atoms with van der Waals surface area (Å²) in [5, 5.41) is 4.26. The standard InChI is InChI=1S/C18H17N3O/c1-14-16(13-20(2)19-14)8-9-18(22)15-6-5-7-17(12-15)21-10-3-4-11-21/h3-13H,1-2H3/b9-8+. The molecule has 0 amide bonds. The minimum absolute atomic E-state index is 0.0164. The predicted molar refractivity (Wildman–Crippen MR) is 87.1 cm³/mol. The van der Waals surface area contributed by atoms with E-state index in [-0.39, 0.29) is 5.78 Å². The van der Waals surface area contributed by atoms with Crippen molar-refractivity contribution < 1.29 is 4.79 Å². The summed E-state index contributed by atoms with van der Waals surface area (Å²) >= 11 is 0. The molecule has 3 aromatic rings. The predicted octanol–water partition coefficient (Wildman–Crippen LogP) is 3.42. The van der Waals surface area contributed by atoms with Gasteiger partial charge in [0.1, 0.15) is 0 Å². The van der Waals surface area contributed by atoms with Crippen molar-refractivity contribution in [3.8, 4) is 5.69 Å². The molecule has 0 saturated carbocycles. The highest BCUT2D eigenvalue weighted by atomic mass is 16.1. The molecule has 0 unspecified atom stereocenters. The first kappa shape index (κ1) is 14.1. The quantitative estimate of drug-likeness (QED) is 0.546. The number of rotatable bonds is 4. The van der Waals surface area contributed by atoms with Gasteiger partial charge in [-0.3, -0.25) is 9.48 Å². The van der Waals surface area contributed by atoms with Gasteiger partial charge in [0.05, 0.1) is 5.69 Å². The van der Waals surface area contributed by atoms with Crippen molar-refractivity contribution in [2.45, 2.75) is 6.92 Å². The molecule has 2 heterocycles. The maximum atomic E-state index is 12.3. The van der Waals surface area contributed by atoms with Gasteiger partial charge >= 0.3 is 0 Å². The van der Waals surface area contributed by atoms with Crippen molar-refractivity contribution in [2.24, 2.45) is 7.05 Å². The lowest BCUT2D eigenvalue weighted by Gasteiger charge is -2.04. The SMILES string of the molecule is Cc1nn(C)cc1/C=C/C(=O)c1cccc(-n2cccc2)c1. The smallest absolute Gasteiger partial charge is 0.185 e. The number of ketones is 1. The van der Waals surface area contributed by atoms with Crippen LogP contribution in [0.25, 0.3) is 11.8 Å². The maximum Gasteiger partial charge on any atom is 0.185 e. The van der Waals surface area contributed by atoms with Crippen LogP contribution in [0.4, 0.5) is 0 Å². The van der Waals surface area contributed by atoms with Crippen molar-refractivity contribution in [1.82, 2.24) is 14.3 Å². The number of hydrogen-bond acceptors (Lipinski definition) is 2. The van der Waals surface area contributed by atoms with Gasteiger partial charge in [0.15, 0.2) is 5.78 Å². The Kier molecular flexibility index (Phi) is 3.74. The lowest BCUT2D eigenvalue weighted by Crippen LogP contribution is -1.97. The fourth-order valence-corrected chi connectivity index (χ4v) is 2.37. The van der Waals surface area contributed by atoms with E-state index in [4.69, 9.17) is 0 Å². The molecule has 1 aromatic carbocycles. The third kappa shape index (κ3) is 2.91. The van der Waals surface area contributed by atoms with Crippen LogP contribution in [-0.2, 0) is 7.05 Å². The second-order valence-corrected chi connectivity index (χ2v) is 5.18. The molecule has 0 saturated heterocycles. The Hall–Kier alpha value is -2.88. The second kappa shape index (κ2) is 5.85. The third-order valence-corrected chi connectivity index (χ3v) is 3.50. The molecule has 4 nitrogen and oxygen atoms in total. The van der Waals surface area contributed by atoms with Crippen molar-refractivity contribution in [3.05, 3.63) is 77.9 Å². The van der Waals surface area contributed by atoms with Gasteiger partial charge in [0, 0.05) is 42.5 Å². The average Bonchev–Trinajstić information content (AvgIpc) is 3.15. The first-order valence-corrected chi connectivity index (χ1v) is 7.09. The summed E-state index contributed by atoms with van der Waals surface area (Å²) in [5.74, 6) is -0.0164. The number of carbonyl (C=O) groups is 1. The van der Waals surface area contributed by atoms with E-state index in [1.54, 1.807) is 10.8 Å². The summed E-state index contributed by atoms with van der Waals surface area (Å²) < 4.78 is 3.72. The van der Waals surface area contributed by atoms with Crippen LogP contribution in [0.15, 0.2) is 61.1 Å². The van der Waals surface area contributed by atoms with E-state index in [1.165, 1.54) is 0 Å². The molecule has 3 rings (SSSR count). The fourth-order valence-electron chi connectivity index (χ4n) is 2.37. The topological polar surface area (TPSA) is 39.8 Å². The zero-order valence-electron chi connectivity index (χ0n) is 12.6. The van der Waals surface area contributed by atoms with Gasteiger partial charge in [-0.05, 0) is 43.3 Å². The Morgan fingerprint density at radius 3 is 2.64 bits per heavy atom. The molecule has 0 bridgehead atoms. The zero-order chi connectivity index (χ0) is 15.5. The summed E-state index contributed by atoms with van der Waals surface area (Å²) in [6, 6.07) is 11.5. The van der Waals surface area contributed by atoms with Crippen LogP contribution >= 0.6 is 0 Å². The van der Waals surface area contributed by atoms with E-state index in [9.17, 15) is 4.79 Å². The van der Waals surface area contributed by atoms with E-state index >= 15 is 0 Å². The average molecular weight is 291 g/mol. The van der Waals surface area contributed by atoms with Crippen molar-refractivity contribution >= 4 is 11.9 Å². The lowest BCUT2D eigenvalue weighted by atomic mass is 10.1. The molecule has 0 aliphatic rings. The van der Waals surface area contributed by atoms with Gasteiger partial charge in [0.25, 0.3) is 0 Å². The van der Waals surface area contributed by atoms with Gasteiger partial charge in [-0.2, -0.15) is 5.10 Å². The number of benzene rings is 1. The van der Waals surface area contributed by atoms with E-state index in [0.29, 0.717) is 5.56 Å². The normalized spacial score (nSPS) is 11.2. The highest BCUT2D eigenvalue weighted by molar-refractivity contribution is 6.07. The Balaban J connectivity index is 1.83. The lowest BCUT2D eigenvalue weighted by molar-refractivity contribution is 0.104. The van der Waals surface area contributed by atoms with Crippen molar-refractivity contribution in [3.63, 3.8) is 0 Å². The molecule has 110 valence electrons. The summed E-state index contributed by atoms with van der Waals surface area (Å²) in [5.41, 5.74) is 3.51. The van der Waals surface area contributed by atoms with E-state index in [0.717, 1.165) is 16.9 Å². The molecule has 0 spiro atoms. The minimum Gasteiger partial charge on any atom is -0.324 e. The number of aryl methyl sites for hydroxylation is 2. The second-order valence-electron chi connectivity index (χ2n) is 5.18. The molecule has 0 radical (unpaired) electrons. The fraction of sp³-hybridized carbons (Fsp3) is 0.111. The summed E-state index contributed by atoms with van der Waals surface area (Å²) in [6.45, 7) is 1.93. The van der Waals surface area contributed by atoms with Crippen LogP contribution in [0, 0.1) is 6.92 Å². The Morgan fingerprint density at radius 2 is 1.95 bits per heavy atom. The first-order valence-electron chi connectivity index (χ1n) is 7.09. The van der Waals surface area contributed by atoms with Crippen LogP contribution in [0.1, 0.15) is 21.6 Å². The summed E-state index contributed by atoms with van der Waals surface area (Å²) in [6.07, 6.45) is 9.22. The molecule has 4 heteroatoms. The molecular weight excluding hydrogens is 274 g/mol. The van der Waals surface area contributed by atoms with Crippen LogP contribution in [0.5, 0.6) is 0 Å². The van der Waals surface area contributed by atoms with Gasteiger partial charge < -0.3 is 4.57 Å². The number of carbonyl (C=O) groups excluding carboxylic acids is 1. The van der Waals surface area contributed by atoms with Crippen LogP contribution in [-0.4, -0.2) is 20.1 Å².